The van der Waals surface area contributed by atoms with Crippen LogP contribution in [-0.2, 0) is 12.8 Å². The Morgan fingerprint density at radius 3 is 2.50 bits per heavy atom. The zero-order valence-electron chi connectivity index (χ0n) is 13.3. The fourth-order valence-electron chi connectivity index (χ4n) is 2.25. The van der Waals surface area contributed by atoms with Crippen LogP contribution in [-0.4, -0.2) is 25.5 Å². The summed E-state index contributed by atoms with van der Waals surface area (Å²) in [6.45, 7) is 0.986. The largest absolute Gasteiger partial charge is 0.308 e. The lowest BCUT2D eigenvalue weighted by Crippen LogP contribution is -2.11. The van der Waals surface area contributed by atoms with E-state index in [9.17, 15) is 0 Å². The minimum absolute atomic E-state index is 0.780. The van der Waals surface area contributed by atoms with Gasteiger partial charge in [-0.3, -0.25) is 0 Å². The first kappa shape index (κ1) is 16.6. The molecule has 0 heterocycles. The van der Waals surface area contributed by atoms with E-state index in [-0.39, 0.29) is 0 Å². The number of hydrogen-bond donors (Lipinski definition) is 0. The third-order valence-electron chi connectivity index (χ3n) is 3.50. The maximum atomic E-state index is 6.15. The number of rotatable bonds is 5. The molecule has 2 rings (SSSR count). The smallest absolute Gasteiger partial charge is 0.0409 e. The molecule has 0 amide bonds. The molecule has 0 spiro atoms. The zero-order valence-corrected chi connectivity index (χ0v) is 14.0. The molecular weight excluding hydrogens is 290 g/mol. The highest BCUT2D eigenvalue weighted by Gasteiger charge is 2.02. The van der Waals surface area contributed by atoms with Gasteiger partial charge in [0, 0.05) is 23.6 Å². The highest BCUT2D eigenvalue weighted by molar-refractivity contribution is 6.30. The maximum absolute atomic E-state index is 6.15. The van der Waals surface area contributed by atoms with Gasteiger partial charge in [-0.2, -0.15) is 0 Å². The van der Waals surface area contributed by atoms with Crippen LogP contribution in [0.25, 0.3) is 0 Å². The average Bonchev–Trinajstić information content (AvgIpc) is 2.52. The average molecular weight is 312 g/mol. The molecule has 0 saturated heterocycles. The first-order chi connectivity index (χ1) is 10.6. The number of halogens is 1. The Morgan fingerprint density at radius 1 is 1.00 bits per heavy atom. The second kappa shape index (κ2) is 8.63. The number of benzene rings is 2. The Balaban J connectivity index is 2.07. The first-order valence-electron chi connectivity index (χ1n) is 7.61. The van der Waals surface area contributed by atoms with E-state index in [2.05, 4.69) is 55.1 Å². The highest BCUT2D eigenvalue weighted by Crippen LogP contribution is 2.18. The predicted octanol–water partition coefficient (Wildman–Crippen LogP) is 4.43. The first-order valence-corrected chi connectivity index (χ1v) is 7.99. The van der Waals surface area contributed by atoms with Crippen LogP contribution in [0.5, 0.6) is 0 Å². The van der Waals surface area contributed by atoms with Gasteiger partial charge >= 0.3 is 0 Å². The van der Waals surface area contributed by atoms with Gasteiger partial charge in [0.1, 0.15) is 0 Å². The molecule has 0 aliphatic carbocycles. The fraction of sp³-hybridized carbons (Fsp3) is 0.300. The second-order valence-electron chi connectivity index (χ2n) is 5.64. The van der Waals surface area contributed by atoms with Crippen LogP contribution in [0.2, 0.25) is 5.02 Å². The quantitative estimate of drug-likeness (QED) is 0.738. The fourth-order valence-corrected chi connectivity index (χ4v) is 2.45. The molecule has 0 radical (unpaired) electrons. The van der Waals surface area contributed by atoms with Gasteiger partial charge in [0.2, 0.25) is 0 Å². The number of aryl methyl sites for hydroxylation is 2. The van der Waals surface area contributed by atoms with Crippen LogP contribution in [0.3, 0.4) is 0 Å². The third kappa shape index (κ3) is 5.56. The van der Waals surface area contributed by atoms with Crippen LogP contribution >= 0.6 is 11.6 Å². The van der Waals surface area contributed by atoms with E-state index in [1.165, 1.54) is 11.1 Å². The van der Waals surface area contributed by atoms with Crippen molar-refractivity contribution in [2.24, 2.45) is 0 Å². The second-order valence-corrected chi connectivity index (χ2v) is 6.08. The van der Waals surface area contributed by atoms with Gasteiger partial charge in [-0.25, -0.2) is 0 Å². The van der Waals surface area contributed by atoms with E-state index < -0.39 is 0 Å². The van der Waals surface area contributed by atoms with Gasteiger partial charge in [-0.1, -0.05) is 53.8 Å². The lowest BCUT2D eigenvalue weighted by atomic mass is 10.00. The minimum Gasteiger partial charge on any atom is -0.308 e. The normalized spacial score (nSPS) is 10.4. The van der Waals surface area contributed by atoms with Crippen molar-refractivity contribution >= 4 is 11.6 Å². The summed E-state index contributed by atoms with van der Waals surface area (Å²) < 4.78 is 0. The predicted molar refractivity (Wildman–Crippen MR) is 95.4 cm³/mol. The molecule has 2 aromatic carbocycles. The Hall–Kier alpha value is -1.75. The summed E-state index contributed by atoms with van der Waals surface area (Å²) in [6, 6.07) is 16.5. The number of nitrogens with zero attached hydrogens (tertiary/aromatic N) is 1. The van der Waals surface area contributed by atoms with Gasteiger partial charge < -0.3 is 4.90 Å². The molecule has 1 nitrogen and oxygen atoms in total. The van der Waals surface area contributed by atoms with Crippen molar-refractivity contribution in [3.63, 3.8) is 0 Å². The summed E-state index contributed by atoms with van der Waals surface area (Å²) in [7, 11) is 4.13. The van der Waals surface area contributed by atoms with E-state index in [1.807, 2.05) is 24.3 Å². The van der Waals surface area contributed by atoms with Crippen molar-refractivity contribution in [2.45, 2.75) is 19.3 Å². The molecule has 0 fully saturated rings. The lowest BCUT2D eigenvalue weighted by Gasteiger charge is -2.07. The van der Waals surface area contributed by atoms with Gasteiger partial charge in [-0.05, 0) is 56.3 Å². The molecule has 0 bridgehead atoms. The highest BCUT2D eigenvalue weighted by atomic mass is 35.5. The summed E-state index contributed by atoms with van der Waals surface area (Å²) in [5.74, 6) is 6.55. The van der Waals surface area contributed by atoms with Crippen molar-refractivity contribution in [1.29, 1.82) is 0 Å². The summed E-state index contributed by atoms with van der Waals surface area (Å²) in [5.41, 5.74) is 3.67. The van der Waals surface area contributed by atoms with E-state index in [1.54, 1.807) is 0 Å². The monoisotopic (exact) mass is 311 g/mol. The Kier molecular flexibility index (Phi) is 6.52. The van der Waals surface area contributed by atoms with E-state index in [0.29, 0.717) is 0 Å². The number of hydrogen-bond acceptors (Lipinski definition) is 1. The Morgan fingerprint density at radius 2 is 1.77 bits per heavy atom. The molecular formula is C20H22ClN. The Labute approximate surface area is 138 Å². The molecule has 0 N–H and O–H groups in total. The van der Waals surface area contributed by atoms with Crippen molar-refractivity contribution in [3.8, 4) is 11.8 Å². The summed E-state index contributed by atoms with van der Waals surface area (Å²) in [5, 5.41) is 0.780. The molecule has 114 valence electrons. The van der Waals surface area contributed by atoms with E-state index in [4.69, 9.17) is 11.6 Å². The zero-order chi connectivity index (χ0) is 15.8. The standard InChI is InChI=1S/C20H22ClN/c1-22(2)15-7-6-10-18-13-14-20(21)16-19(18)12-11-17-8-4-3-5-9-17/h3-5,8-9,13-14,16H,7,11-12,15H2,1-2H3. The van der Waals surface area contributed by atoms with Crippen molar-refractivity contribution in [1.82, 2.24) is 4.90 Å². The maximum Gasteiger partial charge on any atom is 0.0409 e. The molecule has 2 aromatic rings. The van der Waals surface area contributed by atoms with Crippen molar-refractivity contribution in [3.05, 3.63) is 70.2 Å². The molecule has 0 aliphatic heterocycles. The molecule has 0 unspecified atom stereocenters. The van der Waals surface area contributed by atoms with Crippen molar-refractivity contribution in [2.75, 3.05) is 20.6 Å². The lowest BCUT2D eigenvalue weighted by molar-refractivity contribution is 0.420. The van der Waals surface area contributed by atoms with Gasteiger partial charge in [0.25, 0.3) is 0 Å². The SMILES string of the molecule is CN(C)CCC#Cc1ccc(Cl)cc1CCc1ccccc1. The van der Waals surface area contributed by atoms with Gasteiger partial charge in [0.05, 0.1) is 0 Å². The Bertz CT molecular complexity index is 650. The summed E-state index contributed by atoms with van der Waals surface area (Å²) >= 11 is 6.15. The summed E-state index contributed by atoms with van der Waals surface area (Å²) in [6.07, 6.45) is 2.85. The van der Waals surface area contributed by atoms with Crippen LogP contribution in [0.4, 0.5) is 0 Å². The van der Waals surface area contributed by atoms with Crippen LogP contribution < -0.4 is 0 Å². The molecule has 22 heavy (non-hydrogen) atoms. The van der Waals surface area contributed by atoms with Gasteiger partial charge in [-0.15, -0.1) is 0 Å². The molecule has 0 aliphatic rings. The van der Waals surface area contributed by atoms with Gasteiger partial charge in [0.15, 0.2) is 0 Å². The topological polar surface area (TPSA) is 3.24 Å². The van der Waals surface area contributed by atoms with Crippen molar-refractivity contribution < 1.29 is 0 Å². The van der Waals surface area contributed by atoms with E-state index >= 15 is 0 Å². The molecule has 0 saturated carbocycles. The third-order valence-corrected chi connectivity index (χ3v) is 3.74. The van der Waals surface area contributed by atoms with Crippen LogP contribution in [0.15, 0.2) is 48.5 Å². The molecule has 0 aromatic heterocycles. The molecule has 2 heteroatoms. The minimum atomic E-state index is 0.780. The van der Waals surface area contributed by atoms with Crippen LogP contribution in [0.1, 0.15) is 23.1 Å². The molecule has 0 atom stereocenters. The van der Waals surface area contributed by atoms with Crippen LogP contribution in [0, 0.1) is 11.8 Å². The van der Waals surface area contributed by atoms with E-state index in [0.717, 1.165) is 36.4 Å². The summed E-state index contributed by atoms with van der Waals surface area (Å²) in [4.78, 5) is 2.15.